The first-order valence-corrected chi connectivity index (χ1v) is 10.9. The molecule has 0 saturated carbocycles. The number of likely N-dealkylation sites (tertiary alicyclic amines) is 1. The minimum absolute atomic E-state index is 0.151. The molecule has 1 saturated heterocycles. The van der Waals surface area contributed by atoms with Crippen molar-refractivity contribution in [2.75, 3.05) is 19.7 Å². The van der Waals surface area contributed by atoms with Gasteiger partial charge in [0.2, 0.25) is 0 Å². The predicted molar refractivity (Wildman–Crippen MR) is 115 cm³/mol. The van der Waals surface area contributed by atoms with Gasteiger partial charge in [0, 0.05) is 38.3 Å². The lowest BCUT2D eigenvalue weighted by Gasteiger charge is -2.41. The van der Waals surface area contributed by atoms with E-state index in [2.05, 4.69) is 10.1 Å². The topological polar surface area (TPSA) is 81.1 Å². The first kappa shape index (κ1) is 21.9. The maximum Gasteiger partial charge on any atom is 0.314 e. The quantitative estimate of drug-likeness (QED) is 0.643. The molecular weight excluding hydrogens is 413 g/mol. The van der Waals surface area contributed by atoms with Crippen LogP contribution in [0.3, 0.4) is 0 Å². The van der Waals surface area contributed by atoms with Crippen LogP contribution in [0.4, 0.5) is 4.39 Å². The Hall–Kier alpha value is -3.29. The largest absolute Gasteiger partial charge is 0.466 e. The average Bonchev–Trinajstić information content (AvgIpc) is 3.28. The number of rotatable bonds is 6. The Kier molecular flexibility index (Phi) is 6.48. The highest BCUT2D eigenvalue weighted by Crippen LogP contribution is 2.39. The summed E-state index contributed by atoms with van der Waals surface area (Å²) in [5.41, 5.74) is 1.13. The van der Waals surface area contributed by atoms with Gasteiger partial charge in [0.15, 0.2) is 0 Å². The van der Waals surface area contributed by atoms with Gasteiger partial charge in [-0.05, 0) is 49.6 Å². The number of benzene rings is 1. The summed E-state index contributed by atoms with van der Waals surface area (Å²) in [5, 5.41) is 4.17. The van der Waals surface area contributed by atoms with Crippen molar-refractivity contribution >= 4 is 17.6 Å². The zero-order valence-corrected chi connectivity index (χ0v) is 18.0. The number of hydrogen-bond donors (Lipinski definition) is 0. The Labute approximate surface area is 186 Å². The van der Waals surface area contributed by atoms with Crippen molar-refractivity contribution in [2.45, 2.75) is 38.7 Å². The van der Waals surface area contributed by atoms with Crippen LogP contribution in [-0.2, 0) is 14.4 Å². The summed E-state index contributed by atoms with van der Waals surface area (Å²) >= 11 is 0. The van der Waals surface area contributed by atoms with Gasteiger partial charge in [-0.2, -0.15) is 0 Å². The Balaban J connectivity index is 1.50. The predicted octanol–water partition coefficient (Wildman–Crippen LogP) is 3.59. The van der Waals surface area contributed by atoms with Crippen LogP contribution < -0.4 is 0 Å². The van der Waals surface area contributed by atoms with E-state index in [0.29, 0.717) is 43.5 Å². The molecule has 0 spiro atoms. The summed E-state index contributed by atoms with van der Waals surface area (Å²) in [6.45, 7) is 2.86. The fourth-order valence-corrected chi connectivity index (χ4v) is 4.46. The van der Waals surface area contributed by atoms with E-state index in [9.17, 15) is 14.0 Å². The lowest BCUT2D eigenvalue weighted by atomic mass is 9.74. The number of carbonyl (C=O) groups is 2. The minimum Gasteiger partial charge on any atom is -0.466 e. The molecule has 32 heavy (non-hydrogen) atoms. The average molecular weight is 439 g/mol. The molecule has 2 atom stereocenters. The zero-order valence-electron chi connectivity index (χ0n) is 18.0. The molecule has 168 valence electrons. The van der Waals surface area contributed by atoms with Gasteiger partial charge in [-0.3, -0.25) is 14.6 Å². The highest BCUT2D eigenvalue weighted by atomic mass is 19.1. The first-order chi connectivity index (χ1) is 15.5. The molecule has 0 N–H and O–H groups in total. The Morgan fingerprint density at radius 3 is 2.81 bits per heavy atom. The molecule has 1 aromatic heterocycles. The van der Waals surface area contributed by atoms with Gasteiger partial charge >= 0.3 is 5.97 Å². The van der Waals surface area contributed by atoms with Crippen LogP contribution in [0.25, 0.3) is 0 Å². The molecule has 2 aromatic rings. The fourth-order valence-electron chi connectivity index (χ4n) is 4.46. The van der Waals surface area contributed by atoms with Crippen molar-refractivity contribution < 1.29 is 23.6 Å². The number of aromatic nitrogens is 1. The Morgan fingerprint density at radius 1 is 1.28 bits per heavy atom. The molecule has 0 bridgehead atoms. The molecule has 0 unspecified atom stereocenters. The molecule has 7 nitrogen and oxygen atoms in total. The van der Waals surface area contributed by atoms with E-state index in [1.54, 1.807) is 42.3 Å². The number of hydrogen-bond acceptors (Lipinski definition) is 6. The number of esters is 1. The molecule has 1 aromatic carbocycles. The van der Waals surface area contributed by atoms with Crippen molar-refractivity contribution in [3.05, 3.63) is 65.7 Å². The first-order valence-electron chi connectivity index (χ1n) is 10.9. The van der Waals surface area contributed by atoms with Crippen LogP contribution >= 0.6 is 0 Å². The standard InChI is InChI=1S/C24H26FN3O4/c1-2-31-23(30)24(10-4-12-28(16-24)22(29)18-5-3-11-26-15-18)14-20-13-21(27-32-20)17-6-8-19(25)9-7-17/h3,5-9,11,15,20H,2,4,10,12-14,16H2,1H3/t20-,24+/m0/s1. The van der Waals surface area contributed by atoms with E-state index >= 15 is 0 Å². The molecule has 0 aliphatic carbocycles. The van der Waals surface area contributed by atoms with E-state index in [1.165, 1.54) is 18.3 Å². The lowest BCUT2D eigenvalue weighted by Crippen LogP contribution is -2.51. The number of nitrogens with zero attached hydrogens (tertiary/aromatic N) is 3. The smallest absolute Gasteiger partial charge is 0.314 e. The van der Waals surface area contributed by atoms with Crippen LogP contribution in [0.1, 0.15) is 48.5 Å². The number of amides is 1. The second kappa shape index (κ2) is 9.46. The molecule has 0 radical (unpaired) electrons. The molecule has 3 heterocycles. The minimum atomic E-state index is -0.870. The third-order valence-electron chi connectivity index (χ3n) is 6.01. The summed E-state index contributed by atoms with van der Waals surface area (Å²) < 4.78 is 18.7. The fraction of sp³-hybridized carbons (Fsp3) is 0.417. The van der Waals surface area contributed by atoms with Crippen molar-refractivity contribution in [3.8, 4) is 0 Å². The molecule has 1 fully saturated rings. The van der Waals surface area contributed by atoms with Crippen molar-refractivity contribution in [2.24, 2.45) is 10.6 Å². The second-order valence-corrected chi connectivity index (χ2v) is 8.25. The molecule has 1 amide bonds. The summed E-state index contributed by atoms with van der Waals surface area (Å²) in [5.74, 6) is -0.781. The third kappa shape index (κ3) is 4.64. The SMILES string of the molecule is CCOC(=O)[C@@]1(C[C@@H]2CC(c3ccc(F)cc3)=NO2)CCCN(C(=O)c2cccnc2)C1. The Bertz CT molecular complexity index is 996. The van der Waals surface area contributed by atoms with Crippen LogP contribution in [-0.4, -0.2) is 53.3 Å². The van der Waals surface area contributed by atoms with Gasteiger partial charge < -0.3 is 14.5 Å². The number of halogens is 1. The maximum absolute atomic E-state index is 13.2. The van der Waals surface area contributed by atoms with E-state index in [-0.39, 0.29) is 36.9 Å². The summed E-state index contributed by atoms with van der Waals surface area (Å²) in [6, 6.07) is 9.53. The van der Waals surface area contributed by atoms with Crippen molar-refractivity contribution in [1.82, 2.24) is 9.88 Å². The van der Waals surface area contributed by atoms with E-state index < -0.39 is 5.41 Å². The van der Waals surface area contributed by atoms with Crippen molar-refractivity contribution in [1.29, 1.82) is 0 Å². The van der Waals surface area contributed by atoms with Gasteiger partial charge in [-0.1, -0.05) is 17.3 Å². The molecule has 2 aliphatic rings. The van der Waals surface area contributed by atoms with Gasteiger partial charge in [-0.15, -0.1) is 0 Å². The Morgan fingerprint density at radius 2 is 2.09 bits per heavy atom. The zero-order chi connectivity index (χ0) is 22.6. The van der Waals surface area contributed by atoms with E-state index in [1.807, 2.05) is 0 Å². The highest BCUT2D eigenvalue weighted by molar-refractivity contribution is 6.01. The summed E-state index contributed by atoms with van der Waals surface area (Å²) in [7, 11) is 0. The summed E-state index contributed by atoms with van der Waals surface area (Å²) in [4.78, 5) is 37.5. The molecule has 8 heteroatoms. The number of piperidine rings is 1. The lowest BCUT2D eigenvalue weighted by molar-refractivity contribution is -0.161. The highest BCUT2D eigenvalue weighted by Gasteiger charge is 2.47. The van der Waals surface area contributed by atoms with E-state index in [4.69, 9.17) is 9.57 Å². The summed E-state index contributed by atoms with van der Waals surface area (Å²) in [6.07, 6.45) is 5.00. The third-order valence-corrected chi connectivity index (χ3v) is 6.01. The van der Waals surface area contributed by atoms with Crippen LogP contribution in [0.15, 0.2) is 53.9 Å². The molecule has 2 aliphatic heterocycles. The number of ether oxygens (including phenoxy) is 1. The van der Waals surface area contributed by atoms with Gasteiger partial charge in [0.25, 0.3) is 5.91 Å². The molecule has 4 rings (SSSR count). The van der Waals surface area contributed by atoms with Gasteiger partial charge in [0.1, 0.15) is 11.9 Å². The second-order valence-electron chi connectivity index (χ2n) is 8.25. The number of carbonyl (C=O) groups excluding carboxylic acids is 2. The molecular formula is C24H26FN3O4. The van der Waals surface area contributed by atoms with Gasteiger partial charge in [0.05, 0.1) is 23.3 Å². The van der Waals surface area contributed by atoms with Crippen LogP contribution in [0.2, 0.25) is 0 Å². The van der Waals surface area contributed by atoms with Crippen molar-refractivity contribution in [3.63, 3.8) is 0 Å². The van der Waals surface area contributed by atoms with Crippen LogP contribution in [0.5, 0.6) is 0 Å². The number of pyridine rings is 1. The monoisotopic (exact) mass is 439 g/mol. The normalized spacial score (nSPS) is 22.8. The number of oxime groups is 1. The maximum atomic E-state index is 13.2. The van der Waals surface area contributed by atoms with E-state index in [0.717, 1.165) is 5.56 Å². The van der Waals surface area contributed by atoms with Gasteiger partial charge in [-0.25, -0.2) is 4.39 Å². The van der Waals surface area contributed by atoms with Crippen LogP contribution in [0, 0.1) is 11.2 Å².